The van der Waals surface area contributed by atoms with Crippen LogP contribution in [-0.4, -0.2) is 24.7 Å². The van der Waals surface area contributed by atoms with E-state index in [1.54, 1.807) is 0 Å². The van der Waals surface area contributed by atoms with Gasteiger partial charge in [-0.05, 0) is 48.4 Å². The number of hydrogen-bond donors (Lipinski definition) is 1. The first-order valence-corrected chi connectivity index (χ1v) is 12.2. The molecule has 1 amide bonds. The highest BCUT2D eigenvalue weighted by atomic mass is 35.5. The van der Waals surface area contributed by atoms with Crippen molar-refractivity contribution in [2.45, 2.75) is 38.5 Å². The minimum Gasteiger partial charge on any atom is -0.490 e. The molecule has 0 radical (unpaired) electrons. The summed E-state index contributed by atoms with van der Waals surface area (Å²) in [6.07, 6.45) is 4.15. The normalized spacial score (nSPS) is 20.0. The van der Waals surface area contributed by atoms with Gasteiger partial charge in [-0.2, -0.15) is 0 Å². The Morgan fingerprint density at radius 3 is 2.60 bits per heavy atom. The lowest BCUT2D eigenvalue weighted by Gasteiger charge is -2.40. The molecule has 0 saturated carbocycles. The zero-order chi connectivity index (χ0) is 24.6. The summed E-state index contributed by atoms with van der Waals surface area (Å²) in [6, 6.07) is 21.8. The number of halogens is 1. The van der Waals surface area contributed by atoms with Crippen LogP contribution in [0.1, 0.15) is 37.5 Å². The fourth-order valence-corrected chi connectivity index (χ4v) is 5.33. The van der Waals surface area contributed by atoms with Crippen molar-refractivity contribution in [3.8, 4) is 11.5 Å². The van der Waals surface area contributed by atoms with E-state index in [9.17, 15) is 4.79 Å². The SMILES string of the molecule is CCOc1cc(C=CC23NC(=O)CN2c2ccccc2C3(C)C)ccc1OCc1ccccc1Cl. The Labute approximate surface area is 211 Å². The van der Waals surface area contributed by atoms with Crippen LogP contribution < -0.4 is 19.7 Å². The lowest BCUT2D eigenvalue weighted by atomic mass is 9.75. The number of carbonyl (C=O) groups excluding carboxylic acids is 1. The molecule has 2 aliphatic heterocycles. The summed E-state index contributed by atoms with van der Waals surface area (Å²) in [4.78, 5) is 14.7. The Kier molecular flexibility index (Phi) is 5.97. The van der Waals surface area contributed by atoms with Crippen molar-refractivity contribution in [3.63, 3.8) is 0 Å². The van der Waals surface area contributed by atoms with Gasteiger partial charge >= 0.3 is 0 Å². The molecule has 1 fully saturated rings. The molecule has 180 valence electrons. The second-order valence-electron chi connectivity index (χ2n) is 9.40. The molecule has 1 unspecified atom stereocenters. The van der Waals surface area contributed by atoms with Crippen LogP contribution in [-0.2, 0) is 16.8 Å². The van der Waals surface area contributed by atoms with Gasteiger partial charge in [0, 0.05) is 21.7 Å². The summed E-state index contributed by atoms with van der Waals surface area (Å²) in [7, 11) is 0. The van der Waals surface area contributed by atoms with E-state index in [4.69, 9.17) is 21.1 Å². The Balaban J connectivity index is 1.44. The van der Waals surface area contributed by atoms with Gasteiger partial charge in [-0.25, -0.2) is 0 Å². The maximum absolute atomic E-state index is 12.5. The Bertz CT molecular complexity index is 1300. The molecule has 1 atom stereocenters. The minimum absolute atomic E-state index is 0.0237. The van der Waals surface area contributed by atoms with Crippen LogP contribution >= 0.6 is 11.6 Å². The van der Waals surface area contributed by atoms with Crippen LogP contribution in [0.2, 0.25) is 5.02 Å². The molecule has 1 saturated heterocycles. The third-order valence-electron chi connectivity index (χ3n) is 7.00. The third-order valence-corrected chi connectivity index (χ3v) is 7.37. The fraction of sp³-hybridized carbons (Fsp3) is 0.276. The topological polar surface area (TPSA) is 50.8 Å². The molecule has 1 N–H and O–H groups in total. The molecule has 5 nitrogen and oxygen atoms in total. The third kappa shape index (κ3) is 3.94. The molecule has 3 aromatic rings. The van der Waals surface area contributed by atoms with Crippen LogP contribution in [0.25, 0.3) is 6.08 Å². The second-order valence-corrected chi connectivity index (χ2v) is 9.80. The summed E-state index contributed by atoms with van der Waals surface area (Å²) in [5, 5.41) is 3.94. The zero-order valence-corrected chi connectivity index (χ0v) is 20.9. The molecular weight excluding hydrogens is 460 g/mol. The van der Waals surface area contributed by atoms with Gasteiger partial charge in [0.1, 0.15) is 12.3 Å². The zero-order valence-electron chi connectivity index (χ0n) is 20.2. The number of ether oxygens (including phenoxy) is 2. The van der Waals surface area contributed by atoms with E-state index in [1.165, 1.54) is 5.56 Å². The fourth-order valence-electron chi connectivity index (χ4n) is 5.14. The summed E-state index contributed by atoms with van der Waals surface area (Å²) >= 11 is 6.28. The van der Waals surface area contributed by atoms with E-state index in [1.807, 2.05) is 61.5 Å². The van der Waals surface area contributed by atoms with Crippen LogP contribution in [0.4, 0.5) is 5.69 Å². The van der Waals surface area contributed by atoms with Crippen LogP contribution in [0.15, 0.2) is 72.8 Å². The van der Waals surface area contributed by atoms with E-state index in [0.717, 1.165) is 16.8 Å². The van der Waals surface area contributed by atoms with Gasteiger partial charge in [0.2, 0.25) is 5.91 Å². The van der Waals surface area contributed by atoms with Crippen molar-refractivity contribution in [2.24, 2.45) is 0 Å². The lowest BCUT2D eigenvalue weighted by Crippen LogP contribution is -2.58. The number of rotatable bonds is 7. The summed E-state index contributed by atoms with van der Waals surface area (Å²) < 4.78 is 11.9. The van der Waals surface area contributed by atoms with E-state index < -0.39 is 5.66 Å². The van der Waals surface area contributed by atoms with Gasteiger partial charge in [0.05, 0.1) is 13.2 Å². The van der Waals surface area contributed by atoms with E-state index >= 15 is 0 Å². The van der Waals surface area contributed by atoms with Crippen molar-refractivity contribution in [1.29, 1.82) is 0 Å². The maximum Gasteiger partial charge on any atom is 0.241 e. The van der Waals surface area contributed by atoms with Gasteiger partial charge in [-0.3, -0.25) is 4.79 Å². The first-order valence-electron chi connectivity index (χ1n) is 11.9. The minimum atomic E-state index is -0.640. The summed E-state index contributed by atoms with van der Waals surface area (Å²) in [5.74, 6) is 1.35. The standard InChI is InChI=1S/C29H29ClN2O3/c1-4-34-26-17-20(13-14-25(26)35-19-21-9-5-7-11-23(21)30)15-16-29-28(2,3)22-10-6-8-12-24(22)32(29)18-27(33)31-29/h5-17H,4,18-19H2,1-3H3,(H,31,33). The summed E-state index contributed by atoms with van der Waals surface area (Å²) in [6.45, 7) is 7.52. The van der Waals surface area contributed by atoms with Gasteiger partial charge in [0.15, 0.2) is 11.5 Å². The number of carbonyl (C=O) groups is 1. The molecular formula is C29H29ClN2O3. The number of benzene rings is 3. The Morgan fingerprint density at radius 2 is 1.80 bits per heavy atom. The van der Waals surface area contributed by atoms with Crippen molar-refractivity contribution in [3.05, 3.63) is 94.5 Å². The quantitative estimate of drug-likeness (QED) is 0.446. The average molecular weight is 489 g/mol. The molecule has 0 aliphatic carbocycles. The number of nitrogens with zero attached hydrogens (tertiary/aromatic N) is 1. The molecule has 6 heteroatoms. The second kappa shape index (κ2) is 8.97. The van der Waals surface area contributed by atoms with E-state index in [2.05, 4.69) is 48.3 Å². The summed E-state index contributed by atoms with van der Waals surface area (Å²) in [5.41, 5.74) is 3.24. The Morgan fingerprint density at radius 1 is 1.03 bits per heavy atom. The van der Waals surface area contributed by atoms with Crippen molar-refractivity contribution < 1.29 is 14.3 Å². The number of amides is 1. The number of para-hydroxylation sites is 1. The first kappa shape index (κ1) is 23.3. The molecule has 0 aromatic heterocycles. The van der Waals surface area contributed by atoms with Gasteiger partial charge in [-0.15, -0.1) is 0 Å². The first-order chi connectivity index (χ1) is 16.9. The predicted molar refractivity (Wildman–Crippen MR) is 140 cm³/mol. The highest BCUT2D eigenvalue weighted by Crippen LogP contribution is 2.52. The number of hydrogen-bond acceptors (Lipinski definition) is 4. The van der Waals surface area contributed by atoms with Crippen molar-refractivity contribution >= 4 is 29.3 Å². The van der Waals surface area contributed by atoms with Crippen LogP contribution in [0, 0.1) is 0 Å². The lowest BCUT2D eigenvalue weighted by molar-refractivity contribution is -0.118. The average Bonchev–Trinajstić information content (AvgIpc) is 3.28. The van der Waals surface area contributed by atoms with E-state index in [0.29, 0.717) is 36.3 Å². The van der Waals surface area contributed by atoms with Crippen LogP contribution in [0.5, 0.6) is 11.5 Å². The molecule has 2 aliphatic rings. The number of nitrogens with one attached hydrogen (secondary N) is 1. The predicted octanol–water partition coefficient (Wildman–Crippen LogP) is 5.95. The highest BCUT2D eigenvalue weighted by Gasteiger charge is 2.59. The molecule has 0 spiro atoms. The van der Waals surface area contributed by atoms with Gasteiger partial charge in [0.25, 0.3) is 0 Å². The molecule has 35 heavy (non-hydrogen) atoms. The molecule has 3 aromatic carbocycles. The van der Waals surface area contributed by atoms with E-state index in [-0.39, 0.29) is 11.3 Å². The largest absolute Gasteiger partial charge is 0.490 e. The van der Waals surface area contributed by atoms with Crippen molar-refractivity contribution in [2.75, 3.05) is 18.1 Å². The highest BCUT2D eigenvalue weighted by molar-refractivity contribution is 6.31. The van der Waals surface area contributed by atoms with Crippen molar-refractivity contribution in [1.82, 2.24) is 5.32 Å². The number of anilines is 1. The van der Waals surface area contributed by atoms with Gasteiger partial charge in [-0.1, -0.05) is 74.0 Å². The number of fused-ring (bicyclic) bond motifs is 3. The molecule has 2 heterocycles. The maximum atomic E-state index is 12.5. The van der Waals surface area contributed by atoms with Gasteiger partial charge < -0.3 is 19.7 Å². The Hall–Kier alpha value is -3.44. The smallest absolute Gasteiger partial charge is 0.241 e. The monoisotopic (exact) mass is 488 g/mol. The molecule has 5 rings (SSSR count). The molecule has 0 bridgehead atoms. The van der Waals surface area contributed by atoms with Crippen LogP contribution in [0.3, 0.4) is 0 Å².